The van der Waals surface area contributed by atoms with Gasteiger partial charge in [0.1, 0.15) is 0 Å². The second-order valence-electron chi connectivity index (χ2n) is 2.33. The topological polar surface area (TPSA) is 53.0 Å². The third-order valence-electron chi connectivity index (χ3n) is 1.21. The molecule has 1 aromatic heterocycles. The number of aliphatic carboxylic acids is 1. The van der Waals surface area contributed by atoms with Crippen molar-refractivity contribution in [1.29, 1.82) is 0 Å². The highest BCUT2D eigenvalue weighted by Crippen LogP contribution is 2.25. The Kier molecular flexibility index (Phi) is 3.11. The molecule has 0 aliphatic heterocycles. The molecule has 12 heavy (non-hydrogen) atoms. The van der Waals surface area contributed by atoms with Crippen LogP contribution in [0.15, 0.2) is 9.72 Å². The summed E-state index contributed by atoms with van der Waals surface area (Å²) < 4.78 is 0.782. The van der Waals surface area contributed by atoms with Crippen LogP contribution in [0, 0.1) is 6.92 Å². The lowest BCUT2D eigenvalue weighted by Gasteiger charge is -2.08. The Morgan fingerprint density at radius 2 is 2.50 bits per heavy atom. The highest BCUT2D eigenvalue weighted by atomic mass is 32.2. The van der Waals surface area contributed by atoms with Gasteiger partial charge in [-0.15, -0.1) is 11.3 Å². The fourth-order valence-electron chi connectivity index (χ4n) is 0.586. The SMILES string of the molecule is Cc1csc(S[C@H](C)C(=O)[O-])n1. The van der Waals surface area contributed by atoms with Crippen LogP contribution in [0.1, 0.15) is 12.6 Å². The van der Waals surface area contributed by atoms with E-state index in [1.54, 1.807) is 6.92 Å². The van der Waals surface area contributed by atoms with Crippen molar-refractivity contribution in [3.05, 3.63) is 11.1 Å². The molecule has 0 saturated carbocycles. The molecule has 0 spiro atoms. The fraction of sp³-hybridized carbons (Fsp3) is 0.429. The minimum absolute atomic E-state index is 0.532. The smallest absolute Gasteiger partial charge is 0.150 e. The van der Waals surface area contributed by atoms with Crippen molar-refractivity contribution in [3.63, 3.8) is 0 Å². The van der Waals surface area contributed by atoms with Crippen LogP contribution in [0.5, 0.6) is 0 Å². The van der Waals surface area contributed by atoms with Gasteiger partial charge in [-0.05, 0) is 13.8 Å². The van der Waals surface area contributed by atoms with Gasteiger partial charge in [-0.1, -0.05) is 11.8 Å². The molecule has 3 nitrogen and oxygen atoms in total. The van der Waals surface area contributed by atoms with E-state index < -0.39 is 11.2 Å². The van der Waals surface area contributed by atoms with Gasteiger partial charge in [-0.2, -0.15) is 0 Å². The number of aromatic nitrogens is 1. The molecule has 0 unspecified atom stereocenters. The maximum Gasteiger partial charge on any atom is 0.150 e. The Balaban J connectivity index is 2.58. The normalized spacial score (nSPS) is 12.8. The molecule has 0 aromatic carbocycles. The average Bonchev–Trinajstić information content (AvgIpc) is 2.35. The Hall–Kier alpha value is -0.550. The van der Waals surface area contributed by atoms with E-state index in [-0.39, 0.29) is 0 Å². The third kappa shape index (κ3) is 2.49. The van der Waals surface area contributed by atoms with Gasteiger partial charge >= 0.3 is 0 Å². The molecule has 0 aliphatic rings. The molecule has 0 saturated heterocycles. The van der Waals surface area contributed by atoms with Gasteiger partial charge < -0.3 is 9.90 Å². The van der Waals surface area contributed by atoms with Crippen LogP contribution in [0.2, 0.25) is 0 Å². The minimum atomic E-state index is -1.05. The summed E-state index contributed by atoms with van der Waals surface area (Å²) in [5, 5.41) is 11.7. The van der Waals surface area contributed by atoms with E-state index in [1.807, 2.05) is 12.3 Å². The predicted molar refractivity (Wildman–Crippen MR) is 47.2 cm³/mol. The summed E-state index contributed by atoms with van der Waals surface area (Å²) in [6, 6.07) is 0. The summed E-state index contributed by atoms with van der Waals surface area (Å²) >= 11 is 2.67. The Morgan fingerprint density at radius 3 is 2.92 bits per heavy atom. The van der Waals surface area contributed by atoms with E-state index >= 15 is 0 Å². The zero-order valence-corrected chi connectivity index (χ0v) is 8.37. The van der Waals surface area contributed by atoms with Crippen molar-refractivity contribution in [2.75, 3.05) is 0 Å². The number of carbonyl (C=O) groups is 1. The van der Waals surface area contributed by atoms with Crippen LogP contribution in [0.4, 0.5) is 0 Å². The molecule has 0 fully saturated rings. The largest absolute Gasteiger partial charge is 0.549 e. The van der Waals surface area contributed by atoms with Crippen LogP contribution in [-0.4, -0.2) is 16.2 Å². The van der Waals surface area contributed by atoms with Gasteiger partial charge in [-0.25, -0.2) is 4.98 Å². The first-order valence-corrected chi connectivity index (χ1v) is 5.15. The average molecular weight is 202 g/mol. The quantitative estimate of drug-likeness (QED) is 0.676. The summed E-state index contributed by atoms with van der Waals surface area (Å²) in [6.07, 6.45) is 0. The summed E-state index contributed by atoms with van der Waals surface area (Å²) in [7, 11) is 0. The van der Waals surface area contributed by atoms with Crippen molar-refractivity contribution in [1.82, 2.24) is 4.98 Å². The molecule has 66 valence electrons. The lowest BCUT2D eigenvalue weighted by molar-refractivity contribution is -0.304. The molecular weight excluding hydrogens is 194 g/mol. The molecule has 0 N–H and O–H groups in total. The number of aryl methyl sites for hydroxylation is 1. The fourth-order valence-corrected chi connectivity index (χ4v) is 2.50. The molecule has 0 amide bonds. The van der Waals surface area contributed by atoms with E-state index in [2.05, 4.69) is 4.98 Å². The number of carboxylic acid groups (broad SMARTS) is 1. The van der Waals surface area contributed by atoms with E-state index in [9.17, 15) is 9.90 Å². The number of carboxylic acids is 1. The zero-order valence-electron chi connectivity index (χ0n) is 6.73. The standard InChI is InChI=1S/C7H9NO2S2/c1-4-3-11-7(8-4)12-5(2)6(9)10/h3,5H,1-2H3,(H,9,10)/p-1/t5-/m1/s1. The molecule has 1 atom stereocenters. The first-order chi connectivity index (χ1) is 5.59. The van der Waals surface area contributed by atoms with E-state index in [4.69, 9.17) is 0 Å². The van der Waals surface area contributed by atoms with E-state index in [0.717, 1.165) is 10.0 Å². The van der Waals surface area contributed by atoms with E-state index in [1.165, 1.54) is 23.1 Å². The van der Waals surface area contributed by atoms with Crippen molar-refractivity contribution < 1.29 is 9.90 Å². The summed E-state index contributed by atoms with van der Waals surface area (Å²) in [6.45, 7) is 3.47. The second kappa shape index (κ2) is 3.91. The van der Waals surface area contributed by atoms with Gasteiger partial charge in [0.2, 0.25) is 0 Å². The Bertz CT molecular complexity index is 285. The Morgan fingerprint density at radius 1 is 1.83 bits per heavy atom. The first-order valence-electron chi connectivity index (χ1n) is 3.39. The number of rotatable bonds is 3. The molecule has 0 aliphatic carbocycles. The van der Waals surface area contributed by atoms with Crippen molar-refractivity contribution in [3.8, 4) is 0 Å². The molecule has 1 aromatic rings. The lowest BCUT2D eigenvalue weighted by atomic mass is 10.5. The predicted octanol–water partition coefficient (Wildman–Crippen LogP) is 0.682. The summed E-state index contributed by atoms with van der Waals surface area (Å²) in [5.41, 5.74) is 0.924. The second-order valence-corrected chi connectivity index (χ2v) is 4.78. The van der Waals surface area contributed by atoms with Crippen LogP contribution in [-0.2, 0) is 4.79 Å². The zero-order chi connectivity index (χ0) is 9.14. The van der Waals surface area contributed by atoms with Crippen molar-refractivity contribution >= 4 is 29.1 Å². The maximum absolute atomic E-state index is 10.4. The third-order valence-corrected chi connectivity index (χ3v) is 3.38. The number of hydrogen-bond acceptors (Lipinski definition) is 5. The van der Waals surface area contributed by atoms with Crippen LogP contribution >= 0.6 is 23.1 Å². The van der Waals surface area contributed by atoms with Crippen LogP contribution in [0.25, 0.3) is 0 Å². The number of thiazole rings is 1. The first kappa shape index (κ1) is 9.54. The molecule has 1 heterocycles. The lowest BCUT2D eigenvalue weighted by Crippen LogP contribution is -2.31. The summed E-state index contributed by atoms with van der Waals surface area (Å²) in [5.74, 6) is -1.05. The number of nitrogens with zero attached hydrogens (tertiary/aromatic N) is 1. The minimum Gasteiger partial charge on any atom is -0.549 e. The number of hydrogen-bond donors (Lipinski definition) is 0. The molecule has 0 radical (unpaired) electrons. The van der Waals surface area contributed by atoms with Gasteiger partial charge in [0.25, 0.3) is 0 Å². The van der Waals surface area contributed by atoms with Crippen molar-refractivity contribution in [2.45, 2.75) is 23.4 Å². The van der Waals surface area contributed by atoms with Crippen molar-refractivity contribution in [2.24, 2.45) is 0 Å². The number of carbonyl (C=O) groups excluding carboxylic acids is 1. The van der Waals surface area contributed by atoms with Gasteiger partial charge in [-0.3, -0.25) is 0 Å². The van der Waals surface area contributed by atoms with E-state index in [0.29, 0.717) is 0 Å². The molecular formula is C7H8NO2S2-. The van der Waals surface area contributed by atoms with Gasteiger partial charge in [0.05, 0.1) is 5.97 Å². The highest BCUT2D eigenvalue weighted by Gasteiger charge is 2.07. The van der Waals surface area contributed by atoms with Gasteiger partial charge in [0, 0.05) is 16.3 Å². The highest BCUT2D eigenvalue weighted by molar-refractivity contribution is 8.02. The molecule has 5 heteroatoms. The number of thioether (sulfide) groups is 1. The molecule has 1 rings (SSSR count). The maximum atomic E-state index is 10.4. The van der Waals surface area contributed by atoms with Crippen LogP contribution in [0.3, 0.4) is 0 Å². The van der Waals surface area contributed by atoms with Gasteiger partial charge in [0.15, 0.2) is 4.34 Å². The Labute approximate surface area is 78.8 Å². The summed E-state index contributed by atoms with van der Waals surface area (Å²) in [4.78, 5) is 14.5. The monoisotopic (exact) mass is 202 g/mol. The molecule has 0 bridgehead atoms. The van der Waals surface area contributed by atoms with Crippen LogP contribution < -0.4 is 5.11 Å².